The Morgan fingerprint density at radius 1 is 1.28 bits per heavy atom. The number of rotatable bonds is 2. The summed E-state index contributed by atoms with van der Waals surface area (Å²) in [5.74, 6) is -0.265. The molecule has 1 atom stereocenters. The number of aryl methyl sites for hydroxylation is 1. The molecule has 0 fully saturated rings. The normalized spacial score (nSPS) is 23.2. The molecule has 18 heavy (non-hydrogen) atoms. The Labute approximate surface area is 111 Å². The molecule has 0 bridgehead atoms. The third kappa shape index (κ3) is 2.42. The predicted molar refractivity (Wildman–Crippen MR) is 72.9 cm³/mol. The maximum atomic E-state index is 11.4. The second-order valence-corrected chi connectivity index (χ2v) is 4.49. The van der Waals surface area contributed by atoms with E-state index in [9.17, 15) is 4.79 Å². The highest BCUT2D eigenvalue weighted by molar-refractivity contribution is 7.80. The quantitative estimate of drug-likeness (QED) is 0.790. The summed E-state index contributed by atoms with van der Waals surface area (Å²) >= 11 is 5.05. The zero-order chi connectivity index (χ0) is 13.2. The van der Waals surface area contributed by atoms with Crippen molar-refractivity contribution < 1.29 is 9.53 Å². The van der Waals surface area contributed by atoms with Gasteiger partial charge in [0.15, 0.2) is 10.8 Å². The average Bonchev–Trinajstić information content (AvgIpc) is 2.49. The topological polar surface area (TPSA) is 50.4 Å². The van der Waals surface area contributed by atoms with Gasteiger partial charge < -0.3 is 10.1 Å². The molecule has 1 heterocycles. The first-order valence-electron chi connectivity index (χ1n) is 5.50. The van der Waals surface area contributed by atoms with E-state index in [4.69, 9.17) is 17.0 Å². The second kappa shape index (κ2) is 4.88. The Hall–Kier alpha value is -1.72. The van der Waals surface area contributed by atoms with Crippen LogP contribution in [0, 0.1) is 6.92 Å². The molecule has 1 aliphatic rings. The third-order valence-corrected chi connectivity index (χ3v) is 3.01. The summed E-state index contributed by atoms with van der Waals surface area (Å²) in [5.41, 5.74) is 1.12. The van der Waals surface area contributed by atoms with Gasteiger partial charge in [-0.25, -0.2) is 0 Å². The smallest absolute Gasteiger partial charge is 0.249 e. The Morgan fingerprint density at radius 3 is 2.56 bits per heavy atom. The highest BCUT2D eigenvalue weighted by Gasteiger charge is 2.32. The zero-order valence-electron chi connectivity index (χ0n) is 10.2. The molecule has 5 heteroatoms. The van der Waals surface area contributed by atoms with Crippen LogP contribution in [0.4, 0.5) is 0 Å². The molecule has 0 saturated heterocycles. The number of ether oxygens (including phenoxy) is 1. The number of hydrogen-bond acceptors (Lipinski definition) is 3. The van der Waals surface area contributed by atoms with Gasteiger partial charge in [0, 0.05) is 18.7 Å². The van der Waals surface area contributed by atoms with Crippen LogP contribution in [0.1, 0.15) is 11.1 Å². The van der Waals surface area contributed by atoms with E-state index in [0.29, 0.717) is 0 Å². The lowest BCUT2D eigenvalue weighted by atomic mass is 10.0. The minimum Gasteiger partial charge on any atom is -0.351 e. The van der Waals surface area contributed by atoms with Crippen molar-refractivity contribution in [2.45, 2.75) is 12.6 Å². The summed E-state index contributed by atoms with van der Waals surface area (Å²) in [6, 6.07) is 7.84. The van der Waals surface area contributed by atoms with Gasteiger partial charge in [0.05, 0.1) is 0 Å². The number of thiocarbonyl (C=S) groups is 1. The molecule has 0 aromatic heterocycles. The van der Waals surface area contributed by atoms with Crippen LogP contribution < -0.4 is 10.6 Å². The SMILES string of the molecule is COC1(c2ccc(C)cc2)C=CC(=O)NC(=S)N1. The van der Waals surface area contributed by atoms with E-state index in [0.717, 1.165) is 11.1 Å². The molecule has 0 saturated carbocycles. The highest BCUT2D eigenvalue weighted by Crippen LogP contribution is 2.25. The molecule has 1 unspecified atom stereocenters. The van der Waals surface area contributed by atoms with Crippen LogP contribution in [-0.4, -0.2) is 18.1 Å². The Bertz CT molecular complexity index is 510. The lowest BCUT2D eigenvalue weighted by molar-refractivity contribution is -0.115. The molecule has 1 aromatic carbocycles. The van der Waals surface area contributed by atoms with Gasteiger partial charge in [0.1, 0.15) is 0 Å². The van der Waals surface area contributed by atoms with Crippen LogP contribution in [0.25, 0.3) is 0 Å². The first-order valence-corrected chi connectivity index (χ1v) is 5.91. The van der Waals surface area contributed by atoms with Gasteiger partial charge in [-0.05, 0) is 25.2 Å². The van der Waals surface area contributed by atoms with E-state index in [1.54, 1.807) is 13.2 Å². The lowest BCUT2D eigenvalue weighted by Gasteiger charge is -2.30. The Balaban J connectivity index is 2.46. The molecule has 1 aliphatic heterocycles. The summed E-state index contributed by atoms with van der Waals surface area (Å²) in [4.78, 5) is 11.4. The number of methoxy groups -OCH3 is 1. The maximum Gasteiger partial charge on any atom is 0.249 e. The Morgan fingerprint density at radius 2 is 1.94 bits per heavy atom. The van der Waals surface area contributed by atoms with Crippen LogP contribution in [-0.2, 0) is 15.3 Å². The Kier molecular flexibility index (Phi) is 3.45. The lowest BCUT2D eigenvalue weighted by Crippen LogP contribution is -2.48. The van der Waals surface area contributed by atoms with Crippen molar-refractivity contribution in [3.05, 3.63) is 47.5 Å². The van der Waals surface area contributed by atoms with Crippen molar-refractivity contribution in [2.75, 3.05) is 7.11 Å². The molecular weight excluding hydrogens is 248 g/mol. The summed E-state index contributed by atoms with van der Waals surface area (Å²) in [6.45, 7) is 2.01. The molecule has 94 valence electrons. The van der Waals surface area contributed by atoms with E-state index in [2.05, 4.69) is 10.6 Å². The van der Waals surface area contributed by atoms with E-state index < -0.39 is 5.72 Å². The molecular formula is C13H14N2O2S. The van der Waals surface area contributed by atoms with Crippen molar-refractivity contribution in [1.82, 2.24) is 10.6 Å². The van der Waals surface area contributed by atoms with Crippen molar-refractivity contribution in [3.63, 3.8) is 0 Å². The third-order valence-electron chi connectivity index (χ3n) is 2.81. The summed E-state index contributed by atoms with van der Waals surface area (Å²) in [7, 11) is 1.57. The van der Waals surface area contributed by atoms with Gasteiger partial charge in [0.2, 0.25) is 5.91 Å². The average molecular weight is 262 g/mol. The summed E-state index contributed by atoms with van der Waals surface area (Å²) in [5, 5.41) is 5.77. The summed E-state index contributed by atoms with van der Waals surface area (Å²) < 4.78 is 5.53. The predicted octanol–water partition coefficient (Wildman–Crippen LogP) is 1.35. The van der Waals surface area contributed by atoms with Crippen molar-refractivity contribution in [1.29, 1.82) is 0 Å². The standard InChI is InChI=1S/C13H14N2O2S/c1-9-3-5-10(6-4-9)13(17-2)8-7-11(16)14-12(18)15-13/h3-8H,1-2H3,(H2,14,15,16,18). The first-order chi connectivity index (χ1) is 8.55. The number of hydrogen-bond donors (Lipinski definition) is 2. The minimum absolute atomic E-state index is 0.243. The minimum atomic E-state index is -0.913. The van der Waals surface area contributed by atoms with Gasteiger partial charge in [-0.3, -0.25) is 10.1 Å². The molecule has 0 radical (unpaired) electrons. The fourth-order valence-electron chi connectivity index (χ4n) is 1.79. The van der Waals surface area contributed by atoms with Crippen LogP contribution in [0.3, 0.4) is 0 Å². The van der Waals surface area contributed by atoms with Gasteiger partial charge in [0.25, 0.3) is 0 Å². The van der Waals surface area contributed by atoms with Gasteiger partial charge in [-0.2, -0.15) is 0 Å². The van der Waals surface area contributed by atoms with E-state index >= 15 is 0 Å². The molecule has 2 N–H and O–H groups in total. The molecule has 0 aliphatic carbocycles. The highest BCUT2D eigenvalue weighted by atomic mass is 32.1. The van der Waals surface area contributed by atoms with Crippen LogP contribution in [0.5, 0.6) is 0 Å². The van der Waals surface area contributed by atoms with Crippen molar-refractivity contribution in [3.8, 4) is 0 Å². The van der Waals surface area contributed by atoms with Gasteiger partial charge in [-0.15, -0.1) is 0 Å². The molecule has 1 aromatic rings. The molecule has 1 amide bonds. The molecule has 0 spiro atoms. The second-order valence-electron chi connectivity index (χ2n) is 4.08. The number of nitrogens with one attached hydrogen (secondary N) is 2. The van der Waals surface area contributed by atoms with E-state index in [-0.39, 0.29) is 11.0 Å². The number of amides is 1. The van der Waals surface area contributed by atoms with Crippen molar-refractivity contribution in [2.24, 2.45) is 0 Å². The summed E-state index contributed by atoms with van der Waals surface area (Å²) in [6.07, 6.45) is 3.07. The fourth-order valence-corrected chi connectivity index (χ4v) is 2.05. The van der Waals surface area contributed by atoms with Gasteiger partial charge >= 0.3 is 0 Å². The van der Waals surface area contributed by atoms with E-state index in [1.165, 1.54) is 6.08 Å². The number of carbonyl (C=O) groups is 1. The molecule has 2 rings (SSSR count). The number of benzene rings is 1. The maximum absolute atomic E-state index is 11.4. The zero-order valence-corrected chi connectivity index (χ0v) is 11.0. The van der Waals surface area contributed by atoms with Crippen LogP contribution in [0.15, 0.2) is 36.4 Å². The molecule has 4 nitrogen and oxygen atoms in total. The van der Waals surface area contributed by atoms with E-state index in [1.807, 2.05) is 31.2 Å². The number of carbonyl (C=O) groups excluding carboxylic acids is 1. The monoisotopic (exact) mass is 262 g/mol. The largest absolute Gasteiger partial charge is 0.351 e. The van der Waals surface area contributed by atoms with Crippen LogP contribution >= 0.6 is 12.2 Å². The van der Waals surface area contributed by atoms with Gasteiger partial charge in [-0.1, -0.05) is 29.8 Å². The first kappa shape index (κ1) is 12.7. The fraction of sp³-hybridized carbons (Fsp3) is 0.231. The van der Waals surface area contributed by atoms with Crippen molar-refractivity contribution >= 4 is 23.2 Å². The van der Waals surface area contributed by atoms with Crippen LogP contribution in [0.2, 0.25) is 0 Å².